The number of H-pyrrole nitrogens is 1. The molecule has 528 valence electrons. The second-order valence-electron chi connectivity index (χ2n) is 24.4. The van der Waals surface area contributed by atoms with Gasteiger partial charge in [-0.1, -0.05) is 27.7 Å². The molecule has 1 aromatic rings. The number of guanidine groups is 4. The molecule has 29 N–H and O–H groups in total. The van der Waals surface area contributed by atoms with Gasteiger partial charge in [0, 0.05) is 57.6 Å². The molecule has 94 heavy (non-hydrogen) atoms. The molecule has 10 atom stereocenters. The SMILES string of the molecule is CC(C)C[C@H](NC(=O)[C@@H](N)CC(C)C)C(=O)N[C@@H](CCCN=C(N)N)C(=O)N1CCC[C@H]1C(=O)N[C@@H](CCCN=C(N)N)C(=O)N[C@@H](CCCN=C(N)N)C(=O)N[C@@H](CCCCN)C(=O)N[C@@H](CCCN=C(N)N)C(=O)N1CCC[C@H]1C(=O)N[C@@H](Cc1cnc[nH]1)C(=O)O. The molecular weight excluding hydrogens is 1220 g/mol. The van der Waals surface area contributed by atoms with Gasteiger partial charge in [-0.15, -0.1) is 0 Å². The fourth-order valence-electron chi connectivity index (χ4n) is 10.9. The average Bonchev–Trinajstić information content (AvgIpc) is 1.63. The largest absolute Gasteiger partial charge is 0.480 e. The van der Waals surface area contributed by atoms with Crippen molar-refractivity contribution in [1.82, 2.24) is 57.0 Å². The van der Waals surface area contributed by atoms with Gasteiger partial charge < -0.3 is 114 Å². The van der Waals surface area contributed by atoms with Crippen LogP contribution in [0.1, 0.15) is 143 Å². The lowest BCUT2D eigenvalue weighted by Gasteiger charge is -2.31. The molecule has 2 aliphatic rings. The fraction of sp³-hybridized carbons (Fsp3) is 0.707. The van der Waals surface area contributed by atoms with Crippen molar-refractivity contribution in [3.8, 4) is 0 Å². The number of carboxylic acid groups (broad SMARTS) is 1. The van der Waals surface area contributed by atoms with E-state index < -0.39 is 120 Å². The molecule has 3 heterocycles. The number of carboxylic acids is 1. The van der Waals surface area contributed by atoms with E-state index in [1.807, 2.05) is 27.7 Å². The van der Waals surface area contributed by atoms with E-state index in [-0.39, 0.29) is 165 Å². The van der Waals surface area contributed by atoms with Crippen molar-refractivity contribution >= 4 is 83.0 Å². The van der Waals surface area contributed by atoms with Crippen LogP contribution >= 0.6 is 0 Å². The van der Waals surface area contributed by atoms with Crippen LogP contribution in [0.4, 0.5) is 0 Å². The van der Waals surface area contributed by atoms with E-state index in [0.717, 1.165) is 0 Å². The predicted molar refractivity (Wildman–Crippen MR) is 352 cm³/mol. The van der Waals surface area contributed by atoms with Crippen molar-refractivity contribution in [3.63, 3.8) is 0 Å². The highest BCUT2D eigenvalue weighted by molar-refractivity contribution is 5.99. The minimum absolute atomic E-state index is 0.00220. The second-order valence-corrected chi connectivity index (χ2v) is 24.4. The third-order valence-electron chi connectivity index (χ3n) is 15.5. The molecule has 36 heteroatoms. The minimum Gasteiger partial charge on any atom is -0.480 e. The van der Waals surface area contributed by atoms with E-state index >= 15 is 0 Å². The first kappa shape index (κ1) is 79.1. The third kappa shape index (κ3) is 28.8. The van der Waals surface area contributed by atoms with E-state index in [9.17, 15) is 53.1 Å². The fourth-order valence-corrected chi connectivity index (χ4v) is 10.9. The zero-order chi connectivity index (χ0) is 70.0. The number of hydrogen-bond donors (Lipinski definition) is 19. The average molecular weight is 1330 g/mol. The Balaban J connectivity index is 1.99. The van der Waals surface area contributed by atoms with Crippen LogP contribution in [0, 0.1) is 11.8 Å². The van der Waals surface area contributed by atoms with Crippen LogP contribution in [0.2, 0.25) is 0 Å². The number of aliphatic imine (C=N–C) groups is 4. The molecule has 0 spiro atoms. The molecule has 0 radical (unpaired) electrons. The van der Waals surface area contributed by atoms with Crippen molar-refractivity contribution in [2.24, 2.45) is 89.1 Å². The molecule has 0 saturated carbocycles. The van der Waals surface area contributed by atoms with Crippen molar-refractivity contribution in [2.45, 2.75) is 204 Å². The Kier molecular flexibility index (Phi) is 34.9. The smallest absolute Gasteiger partial charge is 0.326 e. The maximum absolute atomic E-state index is 14.7. The van der Waals surface area contributed by atoms with Crippen molar-refractivity contribution in [1.29, 1.82) is 0 Å². The molecule has 0 unspecified atom stereocenters. The maximum atomic E-state index is 14.7. The predicted octanol–water partition coefficient (Wildman–Crippen LogP) is -5.82. The summed E-state index contributed by atoms with van der Waals surface area (Å²) in [5.41, 5.74) is 57.2. The van der Waals surface area contributed by atoms with Gasteiger partial charge in [0.15, 0.2) is 23.8 Å². The van der Waals surface area contributed by atoms with Gasteiger partial charge in [0.05, 0.1) is 12.4 Å². The lowest BCUT2D eigenvalue weighted by Crippen LogP contribution is -2.60. The number of aromatic amines is 1. The number of nitrogens with two attached hydrogens (primary N) is 10. The molecule has 2 saturated heterocycles. The number of carbonyl (C=O) groups is 10. The summed E-state index contributed by atoms with van der Waals surface area (Å²) in [6, 6.07) is -12.4. The zero-order valence-corrected chi connectivity index (χ0v) is 54.7. The summed E-state index contributed by atoms with van der Waals surface area (Å²) in [4.78, 5) is 167. The van der Waals surface area contributed by atoms with E-state index in [0.29, 0.717) is 37.8 Å². The van der Waals surface area contributed by atoms with E-state index in [4.69, 9.17) is 57.3 Å². The summed E-state index contributed by atoms with van der Waals surface area (Å²) in [5.74, 6) is -8.70. The van der Waals surface area contributed by atoms with Gasteiger partial charge in [0.2, 0.25) is 53.2 Å². The molecule has 9 amide bonds. The van der Waals surface area contributed by atoms with Crippen molar-refractivity contribution < 1.29 is 53.1 Å². The minimum atomic E-state index is -1.43. The van der Waals surface area contributed by atoms with Crippen LogP contribution in [-0.2, 0) is 54.4 Å². The monoisotopic (exact) mass is 1330 g/mol. The Labute approximate surface area is 548 Å². The molecule has 2 fully saturated rings. The lowest BCUT2D eigenvalue weighted by molar-refractivity contribution is -0.145. The second kappa shape index (κ2) is 41.5. The Hall–Kier alpha value is -9.09. The van der Waals surface area contributed by atoms with Gasteiger partial charge >= 0.3 is 5.97 Å². The van der Waals surface area contributed by atoms with Gasteiger partial charge in [-0.3, -0.25) is 63.1 Å². The molecule has 0 aliphatic carbocycles. The maximum Gasteiger partial charge on any atom is 0.326 e. The summed E-state index contributed by atoms with van der Waals surface area (Å²) in [6.07, 6.45) is 5.33. The molecule has 2 aliphatic heterocycles. The van der Waals surface area contributed by atoms with Crippen LogP contribution in [0.3, 0.4) is 0 Å². The first-order valence-electron chi connectivity index (χ1n) is 32.1. The van der Waals surface area contributed by atoms with E-state index in [1.165, 1.54) is 22.3 Å². The highest BCUT2D eigenvalue weighted by Gasteiger charge is 2.42. The highest BCUT2D eigenvalue weighted by atomic mass is 16.4. The van der Waals surface area contributed by atoms with Gasteiger partial charge in [0.25, 0.3) is 0 Å². The van der Waals surface area contributed by atoms with Crippen LogP contribution in [-0.4, -0.2) is 214 Å². The zero-order valence-electron chi connectivity index (χ0n) is 54.7. The number of aromatic nitrogens is 2. The highest BCUT2D eigenvalue weighted by Crippen LogP contribution is 2.23. The first-order chi connectivity index (χ1) is 44.5. The Morgan fingerprint density at radius 1 is 0.511 bits per heavy atom. The van der Waals surface area contributed by atoms with Gasteiger partial charge in [0.1, 0.15) is 54.4 Å². The van der Waals surface area contributed by atoms with Crippen LogP contribution < -0.4 is 94.6 Å². The third-order valence-corrected chi connectivity index (χ3v) is 15.5. The lowest BCUT2D eigenvalue weighted by atomic mass is 10.00. The summed E-state index contributed by atoms with van der Waals surface area (Å²) in [6.45, 7) is 8.09. The standard InChI is InChI=1S/C58H105N25O11/c1-32(2)27-35(60)45(84)80-41(28-33(3)4)49(88)79-40(17-10-24-73-58(67)68)53(92)82-25-11-18-43(82)50(89)77-38(15-8-22-71-56(63)64)47(86)76-37(14-7-21-70-55(61)62)46(85)75-36(13-5-6-20-59)48(87)78-39(16-9-23-72-57(65)66)52(91)83-26-12-19-44(83)51(90)81-42(54(93)94)29-34-30-69-31-74-34/h30-33,35-44H,5-29,59-60H2,1-4H3,(H,69,74)(H,75,85)(H,76,86)(H,77,89)(H,78,87)(H,79,88)(H,80,84)(H,81,90)(H,93,94)(H4,61,62,70)(H4,63,64,71)(H4,65,66,72)(H4,67,68,73)/t35-,36-,37-,38-,39-,40-,41-,42-,43-,44-/m0/s1. The molecule has 1 aromatic heterocycles. The van der Waals surface area contributed by atoms with Gasteiger partial charge in [-0.2, -0.15) is 0 Å². The molecule has 0 aromatic carbocycles. The normalized spacial score (nSPS) is 16.9. The Morgan fingerprint density at radius 3 is 1.24 bits per heavy atom. The number of hydrogen-bond acceptors (Lipinski definition) is 17. The van der Waals surface area contributed by atoms with Crippen molar-refractivity contribution in [3.05, 3.63) is 18.2 Å². The van der Waals surface area contributed by atoms with E-state index in [2.05, 4.69) is 67.2 Å². The number of nitrogens with one attached hydrogen (secondary N) is 8. The summed E-state index contributed by atoms with van der Waals surface area (Å²) >= 11 is 0. The first-order valence-corrected chi connectivity index (χ1v) is 32.1. The number of aliphatic carboxylic acids is 1. The van der Waals surface area contributed by atoms with Crippen LogP contribution in [0.15, 0.2) is 32.5 Å². The topological polar surface area (TPSA) is 620 Å². The van der Waals surface area contributed by atoms with Gasteiger partial charge in [-0.25, -0.2) is 9.78 Å². The number of amides is 9. The molecule has 36 nitrogen and oxygen atoms in total. The number of rotatable bonds is 43. The number of imidazole rings is 1. The summed E-state index contributed by atoms with van der Waals surface area (Å²) < 4.78 is 0. The Morgan fingerprint density at radius 2 is 0.872 bits per heavy atom. The summed E-state index contributed by atoms with van der Waals surface area (Å²) in [7, 11) is 0. The number of nitrogens with zero attached hydrogens (tertiary/aromatic N) is 7. The molecular formula is C58H105N25O11. The number of likely N-dealkylation sites (tertiary alicyclic amines) is 2. The van der Waals surface area contributed by atoms with Crippen molar-refractivity contribution in [2.75, 3.05) is 45.8 Å². The van der Waals surface area contributed by atoms with Crippen LogP contribution in [0.5, 0.6) is 0 Å². The summed E-state index contributed by atoms with van der Waals surface area (Å²) in [5, 5.41) is 29.1. The Bertz CT molecular complexity index is 2750. The molecule has 3 rings (SSSR count). The number of carbonyl (C=O) groups excluding carboxylic acids is 9. The van der Waals surface area contributed by atoms with Gasteiger partial charge in [-0.05, 0) is 128 Å². The van der Waals surface area contributed by atoms with E-state index in [1.54, 1.807) is 0 Å². The quantitative estimate of drug-likeness (QED) is 0.0165. The number of unbranched alkanes of at least 4 members (excludes halogenated alkanes) is 1. The van der Waals surface area contributed by atoms with Crippen LogP contribution in [0.25, 0.3) is 0 Å². The molecule has 0 bridgehead atoms.